The largest absolute Gasteiger partial charge is 0.394 e. The summed E-state index contributed by atoms with van der Waals surface area (Å²) >= 11 is 0. The van der Waals surface area contributed by atoms with Crippen molar-refractivity contribution in [3.63, 3.8) is 0 Å². The van der Waals surface area contributed by atoms with Gasteiger partial charge in [0.05, 0.1) is 25.4 Å². The minimum atomic E-state index is -1.55. The van der Waals surface area contributed by atoms with Gasteiger partial charge < -0.3 is 40.3 Å². The van der Waals surface area contributed by atoms with Crippen LogP contribution in [0.25, 0.3) is 0 Å². The molecule has 1 aliphatic rings. The molecule has 7 atom stereocenters. The molecule has 9 heteroatoms. The molecule has 1 heterocycles. The van der Waals surface area contributed by atoms with Crippen LogP contribution in [-0.2, 0) is 14.3 Å². The zero-order valence-electron chi connectivity index (χ0n) is 49.8. The quantitative estimate of drug-likeness (QED) is 0.0261. The molecular formula is C66H129NO8. The SMILES string of the molecule is CCCCCCCCCCCCCC/C=C\CCCCCCCCCCCCCCCC(=O)NC(COC1OC(CO)C(O)C(O)C1O)C(O)CCCCCCCCCCCCCCCCCCCCCCCCC. The lowest BCUT2D eigenvalue weighted by Crippen LogP contribution is -2.60. The van der Waals surface area contributed by atoms with Crippen molar-refractivity contribution in [2.45, 2.75) is 391 Å². The fraction of sp³-hybridized carbons (Fsp3) is 0.955. The molecule has 446 valence electrons. The molecule has 0 aromatic rings. The summed E-state index contributed by atoms with van der Waals surface area (Å²) in [5.41, 5.74) is 0. The standard InChI is InChI=1S/C66H129NO8/c1-3-5-7-9-11-13-15-17-19-21-23-25-27-28-29-30-31-32-34-36-38-40-42-44-46-48-50-52-54-56-62(70)67-59(58-74-66-65(73)64(72)63(71)61(57-68)75-66)60(69)55-53-51-49-47-45-43-41-39-37-35-33-26-24-22-20-18-16-14-12-10-8-6-4-2/h28-29,59-61,63-66,68-69,71-73H,3-27,30-58H2,1-2H3,(H,67,70)/b29-28-. The number of amides is 1. The average molecular weight is 1060 g/mol. The van der Waals surface area contributed by atoms with E-state index in [1.807, 2.05) is 0 Å². The Labute approximate surface area is 465 Å². The average Bonchev–Trinajstić information content (AvgIpc) is 3.41. The highest BCUT2D eigenvalue weighted by Gasteiger charge is 2.44. The molecule has 9 nitrogen and oxygen atoms in total. The van der Waals surface area contributed by atoms with Crippen molar-refractivity contribution in [2.75, 3.05) is 13.2 Å². The number of aliphatic hydroxyl groups is 5. The second kappa shape index (κ2) is 56.2. The van der Waals surface area contributed by atoms with E-state index in [2.05, 4.69) is 31.3 Å². The maximum Gasteiger partial charge on any atom is 0.220 e. The first-order valence-corrected chi connectivity index (χ1v) is 33.4. The summed E-state index contributed by atoms with van der Waals surface area (Å²) in [6, 6.07) is -0.717. The van der Waals surface area contributed by atoms with E-state index in [1.165, 1.54) is 283 Å². The number of unbranched alkanes of at least 4 members (excludes halogenated alkanes) is 47. The summed E-state index contributed by atoms with van der Waals surface area (Å²) in [4.78, 5) is 13.1. The Morgan fingerprint density at radius 3 is 1.08 bits per heavy atom. The van der Waals surface area contributed by atoms with Gasteiger partial charge in [0.25, 0.3) is 0 Å². The van der Waals surface area contributed by atoms with Gasteiger partial charge in [0.1, 0.15) is 24.4 Å². The van der Waals surface area contributed by atoms with Gasteiger partial charge in [-0.3, -0.25) is 4.79 Å². The number of aliphatic hydroxyl groups excluding tert-OH is 5. The fourth-order valence-electron chi connectivity index (χ4n) is 11.1. The van der Waals surface area contributed by atoms with E-state index in [0.29, 0.717) is 12.8 Å². The number of hydrogen-bond acceptors (Lipinski definition) is 8. The Balaban J connectivity index is 2.12. The van der Waals surface area contributed by atoms with Crippen molar-refractivity contribution in [2.24, 2.45) is 0 Å². The van der Waals surface area contributed by atoms with Crippen LogP contribution in [0.5, 0.6) is 0 Å². The number of allylic oxidation sites excluding steroid dienone is 2. The third-order valence-electron chi connectivity index (χ3n) is 16.4. The summed E-state index contributed by atoms with van der Waals surface area (Å²) in [5, 5.41) is 54.9. The van der Waals surface area contributed by atoms with Crippen LogP contribution in [0, 0.1) is 0 Å². The predicted octanol–water partition coefficient (Wildman–Crippen LogP) is 17.5. The summed E-state index contributed by atoms with van der Waals surface area (Å²) in [6.07, 6.45) is 64.1. The number of carbonyl (C=O) groups excluding carboxylic acids is 1. The third-order valence-corrected chi connectivity index (χ3v) is 16.4. The monoisotopic (exact) mass is 1060 g/mol. The van der Waals surface area contributed by atoms with Gasteiger partial charge in [-0.25, -0.2) is 0 Å². The van der Waals surface area contributed by atoms with E-state index in [1.54, 1.807) is 0 Å². The highest BCUT2D eigenvalue weighted by molar-refractivity contribution is 5.76. The zero-order valence-corrected chi connectivity index (χ0v) is 49.8. The van der Waals surface area contributed by atoms with E-state index in [0.717, 1.165) is 38.5 Å². The summed E-state index contributed by atoms with van der Waals surface area (Å²) < 4.78 is 11.4. The molecule has 1 saturated heterocycles. The van der Waals surface area contributed by atoms with Gasteiger partial charge in [0.15, 0.2) is 6.29 Å². The van der Waals surface area contributed by atoms with E-state index in [4.69, 9.17) is 9.47 Å². The van der Waals surface area contributed by atoms with Crippen LogP contribution < -0.4 is 5.32 Å². The van der Waals surface area contributed by atoms with Gasteiger partial charge in [-0.1, -0.05) is 315 Å². The minimum absolute atomic E-state index is 0.133. The van der Waals surface area contributed by atoms with Crippen LogP contribution in [0.2, 0.25) is 0 Å². The number of ether oxygens (including phenoxy) is 2. The number of carbonyl (C=O) groups is 1. The predicted molar refractivity (Wildman–Crippen MR) is 318 cm³/mol. The summed E-state index contributed by atoms with van der Waals surface area (Å²) in [6.45, 7) is 3.90. The van der Waals surface area contributed by atoms with Crippen molar-refractivity contribution >= 4 is 5.91 Å². The first-order valence-electron chi connectivity index (χ1n) is 33.4. The lowest BCUT2D eigenvalue weighted by Gasteiger charge is -2.40. The van der Waals surface area contributed by atoms with Gasteiger partial charge in [-0.05, 0) is 38.5 Å². The zero-order chi connectivity index (χ0) is 54.3. The molecule has 1 fully saturated rings. The molecule has 6 N–H and O–H groups in total. The summed E-state index contributed by atoms with van der Waals surface area (Å²) in [5.74, 6) is -0.137. The Morgan fingerprint density at radius 1 is 0.440 bits per heavy atom. The minimum Gasteiger partial charge on any atom is -0.394 e. The smallest absolute Gasteiger partial charge is 0.220 e. The lowest BCUT2D eigenvalue weighted by atomic mass is 9.99. The van der Waals surface area contributed by atoms with Gasteiger partial charge in [-0.2, -0.15) is 0 Å². The molecule has 0 aliphatic carbocycles. The summed E-state index contributed by atoms with van der Waals surface area (Å²) in [7, 11) is 0. The van der Waals surface area contributed by atoms with Crippen LogP contribution in [0.1, 0.15) is 348 Å². The third kappa shape index (κ3) is 45.4. The van der Waals surface area contributed by atoms with Crippen LogP contribution in [0.4, 0.5) is 0 Å². The molecule has 75 heavy (non-hydrogen) atoms. The van der Waals surface area contributed by atoms with Gasteiger partial charge in [0.2, 0.25) is 5.91 Å². The van der Waals surface area contributed by atoms with E-state index < -0.39 is 49.5 Å². The highest BCUT2D eigenvalue weighted by Crippen LogP contribution is 2.24. The van der Waals surface area contributed by atoms with Crippen molar-refractivity contribution in [3.8, 4) is 0 Å². The molecule has 1 aliphatic heterocycles. The van der Waals surface area contributed by atoms with Crippen LogP contribution in [0.3, 0.4) is 0 Å². The van der Waals surface area contributed by atoms with E-state index in [9.17, 15) is 30.3 Å². The molecular weight excluding hydrogens is 935 g/mol. The topological polar surface area (TPSA) is 149 Å². The first-order chi connectivity index (χ1) is 36.8. The Bertz CT molecular complexity index is 1190. The molecule has 0 bridgehead atoms. The van der Waals surface area contributed by atoms with E-state index >= 15 is 0 Å². The second-order valence-electron chi connectivity index (χ2n) is 23.6. The highest BCUT2D eigenvalue weighted by atomic mass is 16.7. The second-order valence-corrected chi connectivity index (χ2v) is 23.6. The molecule has 0 spiro atoms. The Hall–Kier alpha value is -1.07. The van der Waals surface area contributed by atoms with Crippen molar-refractivity contribution in [1.82, 2.24) is 5.32 Å². The maximum absolute atomic E-state index is 13.1. The first kappa shape index (κ1) is 71.9. The van der Waals surface area contributed by atoms with Crippen LogP contribution >= 0.6 is 0 Å². The van der Waals surface area contributed by atoms with Gasteiger partial charge >= 0.3 is 0 Å². The fourth-order valence-corrected chi connectivity index (χ4v) is 11.1. The number of hydrogen-bond donors (Lipinski definition) is 6. The molecule has 1 amide bonds. The van der Waals surface area contributed by atoms with E-state index in [-0.39, 0.29) is 12.5 Å². The lowest BCUT2D eigenvalue weighted by molar-refractivity contribution is -0.302. The van der Waals surface area contributed by atoms with Crippen molar-refractivity contribution in [1.29, 1.82) is 0 Å². The number of rotatable bonds is 59. The molecule has 0 saturated carbocycles. The Kier molecular flexibility index (Phi) is 53.9. The Morgan fingerprint density at radius 2 is 0.747 bits per heavy atom. The molecule has 0 aromatic carbocycles. The van der Waals surface area contributed by atoms with Crippen LogP contribution in [-0.4, -0.2) is 87.5 Å². The molecule has 0 radical (unpaired) electrons. The molecule has 7 unspecified atom stereocenters. The van der Waals surface area contributed by atoms with Gasteiger partial charge in [-0.15, -0.1) is 0 Å². The van der Waals surface area contributed by atoms with Crippen LogP contribution in [0.15, 0.2) is 12.2 Å². The molecule has 1 rings (SSSR count). The van der Waals surface area contributed by atoms with Gasteiger partial charge in [0, 0.05) is 6.42 Å². The maximum atomic E-state index is 13.1. The number of nitrogens with one attached hydrogen (secondary N) is 1. The van der Waals surface area contributed by atoms with Crippen molar-refractivity contribution in [3.05, 3.63) is 12.2 Å². The van der Waals surface area contributed by atoms with Crippen molar-refractivity contribution < 1.29 is 39.8 Å². The normalized spacial score (nSPS) is 18.8. The molecule has 0 aromatic heterocycles.